The van der Waals surface area contributed by atoms with E-state index in [1.165, 1.54) is 15.3 Å². The van der Waals surface area contributed by atoms with Crippen molar-refractivity contribution in [1.82, 2.24) is 19.1 Å². The summed E-state index contributed by atoms with van der Waals surface area (Å²) in [4.78, 5) is 20.7. The monoisotopic (exact) mass is 450 g/mol. The van der Waals surface area contributed by atoms with E-state index in [0.717, 1.165) is 0 Å². The smallest absolute Gasteiger partial charge is 0.335 e. The van der Waals surface area contributed by atoms with Crippen LogP contribution in [0.5, 0.6) is 5.88 Å². The Morgan fingerprint density at radius 2 is 2.14 bits per heavy atom. The number of aromatic nitrogens is 4. The lowest BCUT2D eigenvalue weighted by atomic mass is 10.2. The van der Waals surface area contributed by atoms with Gasteiger partial charge in [-0.2, -0.15) is 4.98 Å². The van der Waals surface area contributed by atoms with E-state index in [1.807, 2.05) is 0 Å². The van der Waals surface area contributed by atoms with Gasteiger partial charge < -0.3 is 26.0 Å². The lowest BCUT2D eigenvalue weighted by Gasteiger charge is -2.13. The van der Waals surface area contributed by atoms with Crippen molar-refractivity contribution in [3.8, 4) is 11.6 Å². The van der Waals surface area contributed by atoms with Gasteiger partial charge in [0, 0.05) is 25.5 Å². The molecule has 5 N–H and O–H groups in total. The highest BCUT2D eigenvalue weighted by Gasteiger charge is 2.12. The topological polar surface area (TPSA) is 137 Å². The maximum Gasteiger partial charge on any atom is 0.335 e. The molecule has 0 amide bonds. The SMILES string of the molecule is Cn1cc(O)n(-c2cccc(Nc3ncc(Br)c(NCC(O)CO)n3)c2)c1=O. The molecule has 2 aromatic heterocycles. The molecular formula is C17H19BrN6O4. The number of halogens is 1. The molecule has 28 heavy (non-hydrogen) atoms. The van der Waals surface area contributed by atoms with Crippen LogP contribution in [0.15, 0.2) is 45.9 Å². The number of nitrogens with zero attached hydrogens (tertiary/aromatic N) is 4. The van der Waals surface area contributed by atoms with Crippen LogP contribution >= 0.6 is 15.9 Å². The van der Waals surface area contributed by atoms with E-state index in [-0.39, 0.29) is 30.7 Å². The molecule has 3 aromatic rings. The van der Waals surface area contributed by atoms with E-state index in [1.54, 1.807) is 37.5 Å². The average Bonchev–Trinajstić information content (AvgIpc) is 2.93. The van der Waals surface area contributed by atoms with Crippen LogP contribution in [0, 0.1) is 0 Å². The van der Waals surface area contributed by atoms with Gasteiger partial charge >= 0.3 is 5.69 Å². The molecule has 0 bridgehead atoms. The van der Waals surface area contributed by atoms with Crippen LogP contribution in [0.4, 0.5) is 17.5 Å². The van der Waals surface area contributed by atoms with Crippen LogP contribution in [0.1, 0.15) is 0 Å². The van der Waals surface area contributed by atoms with Crippen LogP contribution in [0.25, 0.3) is 5.69 Å². The maximum atomic E-state index is 12.2. The zero-order valence-corrected chi connectivity index (χ0v) is 16.5. The van der Waals surface area contributed by atoms with Gasteiger partial charge in [-0.1, -0.05) is 6.07 Å². The van der Waals surface area contributed by atoms with Crippen molar-refractivity contribution in [2.24, 2.45) is 7.05 Å². The number of aryl methyl sites for hydroxylation is 1. The fraction of sp³-hybridized carbons (Fsp3) is 0.235. The summed E-state index contributed by atoms with van der Waals surface area (Å²) in [5.41, 5.74) is 0.717. The van der Waals surface area contributed by atoms with Gasteiger partial charge in [-0.15, -0.1) is 0 Å². The predicted octanol–water partition coefficient (Wildman–Crippen LogP) is 0.943. The number of aliphatic hydroxyl groups excluding tert-OH is 2. The Morgan fingerprint density at radius 3 is 2.82 bits per heavy atom. The molecule has 0 aliphatic carbocycles. The van der Waals surface area contributed by atoms with E-state index in [2.05, 4.69) is 36.5 Å². The van der Waals surface area contributed by atoms with Crippen molar-refractivity contribution < 1.29 is 15.3 Å². The summed E-state index contributed by atoms with van der Waals surface area (Å²) in [6.07, 6.45) is 1.96. The molecule has 11 heteroatoms. The summed E-state index contributed by atoms with van der Waals surface area (Å²) in [6.45, 7) is -0.240. The summed E-state index contributed by atoms with van der Waals surface area (Å²) in [5.74, 6) is 0.558. The Morgan fingerprint density at radius 1 is 1.36 bits per heavy atom. The Labute approximate surface area is 168 Å². The number of anilines is 3. The molecule has 0 aliphatic rings. The molecule has 0 aliphatic heterocycles. The molecule has 1 unspecified atom stereocenters. The molecule has 148 valence electrons. The van der Waals surface area contributed by atoms with E-state index in [9.17, 15) is 15.0 Å². The van der Waals surface area contributed by atoms with E-state index in [0.29, 0.717) is 21.7 Å². The lowest BCUT2D eigenvalue weighted by Crippen LogP contribution is -2.23. The Bertz CT molecular complexity index is 1030. The third kappa shape index (κ3) is 4.32. The van der Waals surface area contributed by atoms with E-state index < -0.39 is 6.10 Å². The van der Waals surface area contributed by atoms with Gasteiger partial charge in [0.25, 0.3) is 0 Å². The molecule has 3 rings (SSSR count). The number of rotatable bonds is 7. The number of hydrogen-bond donors (Lipinski definition) is 5. The first-order chi connectivity index (χ1) is 13.4. The van der Waals surface area contributed by atoms with Gasteiger partial charge in [0.2, 0.25) is 11.8 Å². The highest BCUT2D eigenvalue weighted by Crippen LogP contribution is 2.23. The minimum absolute atomic E-state index is 0.122. The van der Waals surface area contributed by atoms with E-state index >= 15 is 0 Å². The summed E-state index contributed by atoms with van der Waals surface area (Å²) < 4.78 is 3.06. The van der Waals surface area contributed by atoms with Gasteiger partial charge in [-0.05, 0) is 34.1 Å². The minimum Gasteiger partial charge on any atom is -0.493 e. The first kappa shape index (κ1) is 19.9. The fourth-order valence-corrected chi connectivity index (χ4v) is 2.80. The third-order valence-corrected chi connectivity index (χ3v) is 4.43. The predicted molar refractivity (Wildman–Crippen MR) is 107 cm³/mol. The zero-order chi connectivity index (χ0) is 20.3. The van der Waals surface area contributed by atoms with Crippen LogP contribution in [-0.4, -0.2) is 53.7 Å². The van der Waals surface area contributed by atoms with Crippen LogP contribution in [0.2, 0.25) is 0 Å². The van der Waals surface area contributed by atoms with Crippen molar-refractivity contribution in [3.63, 3.8) is 0 Å². The van der Waals surface area contributed by atoms with Crippen LogP contribution in [-0.2, 0) is 7.05 Å². The standard InChI is InChI=1S/C17H19BrN6O4/c1-23-8-14(27)24(17(23)28)11-4-2-3-10(5-11)21-16-20-7-13(18)15(22-16)19-6-12(26)9-25/h2-5,7-8,12,25-27H,6,9H2,1H3,(H2,19,20,21,22). The number of benzene rings is 1. The van der Waals surface area contributed by atoms with E-state index in [4.69, 9.17) is 5.11 Å². The zero-order valence-electron chi connectivity index (χ0n) is 14.9. The molecule has 0 saturated carbocycles. The second-order valence-corrected chi connectivity index (χ2v) is 6.85. The second-order valence-electron chi connectivity index (χ2n) is 6.00. The fourth-order valence-electron chi connectivity index (χ4n) is 2.47. The largest absolute Gasteiger partial charge is 0.493 e. The van der Waals surface area contributed by atoms with Gasteiger partial charge in [-0.25, -0.2) is 14.3 Å². The van der Waals surface area contributed by atoms with Crippen molar-refractivity contribution in [3.05, 3.63) is 51.6 Å². The molecule has 10 nitrogen and oxygen atoms in total. The van der Waals surface area contributed by atoms with Crippen molar-refractivity contribution >= 4 is 33.4 Å². The van der Waals surface area contributed by atoms with Crippen LogP contribution in [0.3, 0.4) is 0 Å². The summed E-state index contributed by atoms with van der Waals surface area (Å²) in [7, 11) is 1.55. The Hall–Kier alpha value is -2.89. The summed E-state index contributed by atoms with van der Waals surface area (Å²) in [5, 5.41) is 34.3. The van der Waals surface area contributed by atoms with Crippen molar-refractivity contribution in [1.29, 1.82) is 0 Å². The van der Waals surface area contributed by atoms with Gasteiger partial charge in [-0.3, -0.25) is 4.57 Å². The first-order valence-electron chi connectivity index (χ1n) is 8.29. The first-order valence-corrected chi connectivity index (χ1v) is 9.08. The minimum atomic E-state index is -0.910. The highest BCUT2D eigenvalue weighted by atomic mass is 79.9. The number of hydrogen-bond acceptors (Lipinski definition) is 8. The molecule has 2 heterocycles. The summed E-state index contributed by atoms with van der Waals surface area (Å²) in [6, 6.07) is 6.86. The van der Waals surface area contributed by atoms with Crippen molar-refractivity contribution in [2.75, 3.05) is 23.8 Å². The average molecular weight is 451 g/mol. The second kappa shape index (κ2) is 8.42. The lowest BCUT2D eigenvalue weighted by molar-refractivity contribution is 0.105. The molecular weight excluding hydrogens is 432 g/mol. The number of nitrogens with one attached hydrogen (secondary N) is 2. The molecule has 0 radical (unpaired) electrons. The number of aliphatic hydroxyl groups is 2. The highest BCUT2D eigenvalue weighted by molar-refractivity contribution is 9.10. The van der Waals surface area contributed by atoms with Gasteiger partial charge in [0.1, 0.15) is 5.82 Å². The summed E-state index contributed by atoms with van der Waals surface area (Å²) >= 11 is 3.32. The van der Waals surface area contributed by atoms with Crippen molar-refractivity contribution in [2.45, 2.75) is 6.10 Å². The number of imidazole rings is 1. The number of aromatic hydroxyl groups is 1. The maximum absolute atomic E-state index is 12.2. The Balaban J connectivity index is 1.84. The molecule has 0 spiro atoms. The van der Waals surface area contributed by atoms with Gasteiger partial charge in [0.15, 0.2) is 0 Å². The molecule has 1 aromatic carbocycles. The third-order valence-electron chi connectivity index (χ3n) is 3.85. The Kier molecular flexibility index (Phi) is 5.97. The molecule has 0 fully saturated rings. The molecule has 0 saturated heterocycles. The van der Waals surface area contributed by atoms with Gasteiger partial charge in [0.05, 0.1) is 29.1 Å². The van der Waals surface area contributed by atoms with Crippen LogP contribution < -0.4 is 16.3 Å². The molecule has 1 atom stereocenters. The quantitative estimate of drug-likeness (QED) is 0.358. The normalized spacial score (nSPS) is 12.0.